The van der Waals surface area contributed by atoms with Crippen LogP contribution in [0.15, 0.2) is 30.5 Å². The minimum Gasteiger partial charge on any atom is -0.377 e. The maximum absolute atomic E-state index is 15.3. The number of imidazole rings is 1. The third-order valence-electron chi connectivity index (χ3n) is 9.54. The van der Waals surface area contributed by atoms with Crippen molar-refractivity contribution in [3.05, 3.63) is 59.2 Å². The van der Waals surface area contributed by atoms with Crippen LogP contribution in [0.25, 0.3) is 16.6 Å². The van der Waals surface area contributed by atoms with Gasteiger partial charge in [0.25, 0.3) is 5.91 Å². The van der Waals surface area contributed by atoms with Crippen LogP contribution < -0.4 is 4.72 Å². The zero-order valence-electron chi connectivity index (χ0n) is 25.6. The van der Waals surface area contributed by atoms with Crippen LogP contribution in [0.3, 0.4) is 0 Å². The first kappa shape index (κ1) is 31.1. The van der Waals surface area contributed by atoms with Gasteiger partial charge in [-0.05, 0) is 81.7 Å². The van der Waals surface area contributed by atoms with Crippen molar-refractivity contribution >= 4 is 21.4 Å². The maximum Gasteiger partial charge on any atom is 0.254 e. The van der Waals surface area contributed by atoms with Gasteiger partial charge in [-0.1, -0.05) is 6.07 Å². The maximum atomic E-state index is 15.3. The van der Waals surface area contributed by atoms with Crippen LogP contribution in [0.5, 0.6) is 0 Å². The minimum absolute atomic E-state index is 0.0268. The highest BCUT2D eigenvalue weighted by molar-refractivity contribution is 7.89. The van der Waals surface area contributed by atoms with Crippen molar-refractivity contribution < 1.29 is 26.7 Å². The van der Waals surface area contributed by atoms with E-state index in [1.165, 1.54) is 12.1 Å². The monoisotopic (exact) mass is 629 g/mol. The number of carbonyl (C=O) groups excluding carboxylic acids is 1. The molecule has 0 radical (unpaired) electrons. The van der Waals surface area contributed by atoms with Gasteiger partial charge in [0.1, 0.15) is 17.2 Å². The van der Waals surface area contributed by atoms with Gasteiger partial charge < -0.3 is 18.9 Å². The Balaban J connectivity index is 1.22. The standard InChI is InChI=1S/C32H41F2N5O4S/c1-4-44(41,42)36-26-8-5-22(6-9-26)15-37-16-24(17-37)23-13-28(30-31(34)35-21(3)39(30)18-23)27-10-7-25(33)14-29(27)32(40)38-11-12-43-19-20(38)2/h7,10,13-14,18,20,22,24,26,36H,4-6,8-9,11-12,15-17,19H2,1-3H3/t20-,22?,26?/m1/s1. The molecule has 1 aromatic carbocycles. The largest absolute Gasteiger partial charge is 0.377 e. The summed E-state index contributed by atoms with van der Waals surface area (Å²) in [6.45, 7) is 9.19. The summed E-state index contributed by atoms with van der Waals surface area (Å²) < 4.78 is 63.8. The quantitative estimate of drug-likeness (QED) is 0.398. The first-order valence-electron chi connectivity index (χ1n) is 15.6. The third-order valence-corrected chi connectivity index (χ3v) is 11.0. The Bertz CT molecular complexity index is 1650. The number of likely N-dealkylation sites (tertiary alicyclic amines) is 1. The topological polar surface area (TPSA) is 96.2 Å². The molecule has 2 aromatic heterocycles. The number of aryl methyl sites for hydroxylation is 1. The number of hydrogen-bond acceptors (Lipinski definition) is 6. The molecule has 1 amide bonds. The van der Waals surface area contributed by atoms with E-state index in [4.69, 9.17) is 4.74 Å². The van der Waals surface area contributed by atoms with Gasteiger partial charge in [-0.15, -0.1) is 0 Å². The average Bonchev–Trinajstić information content (AvgIpc) is 3.27. The van der Waals surface area contributed by atoms with Crippen molar-refractivity contribution in [1.29, 1.82) is 0 Å². The fourth-order valence-electron chi connectivity index (χ4n) is 6.97. The van der Waals surface area contributed by atoms with Crippen LogP contribution in [0.1, 0.15) is 67.2 Å². The number of hydrogen-bond donors (Lipinski definition) is 1. The van der Waals surface area contributed by atoms with Gasteiger partial charge in [0.15, 0.2) is 0 Å². The van der Waals surface area contributed by atoms with E-state index in [-0.39, 0.29) is 40.7 Å². The smallest absolute Gasteiger partial charge is 0.254 e. The minimum atomic E-state index is -3.19. The summed E-state index contributed by atoms with van der Waals surface area (Å²) in [4.78, 5) is 22.0. The fourth-order valence-corrected chi connectivity index (χ4v) is 7.88. The van der Waals surface area contributed by atoms with Gasteiger partial charge in [-0.2, -0.15) is 4.39 Å². The normalized spacial score (nSPS) is 23.7. The summed E-state index contributed by atoms with van der Waals surface area (Å²) in [5.74, 6) is -0.106. The number of aromatic nitrogens is 2. The van der Waals surface area contributed by atoms with E-state index in [1.54, 1.807) is 29.2 Å². The lowest BCUT2D eigenvalue weighted by molar-refractivity contribution is 0.00361. The van der Waals surface area contributed by atoms with Crippen LogP contribution in [0.4, 0.5) is 8.78 Å². The van der Waals surface area contributed by atoms with Crippen molar-refractivity contribution in [1.82, 2.24) is 23.9 Å². The number of rotatable bonds is 8. The fraction of sp³-hybridized carbons (Fsp3) is 0.562. The highest BCUT2D eigenvalue weighted by atomic mass is 32.2. The number of carbonyl (C=O) groups is 1. The lowest BCUT2D eigenvalue weighted by Crippen LogP contribution is -2.48. The molecule has 0 unspecified atom stereocenters. The Morgan fingerprint density at radius 3 is 2.57 bits per heavy atom. The van der Waals surface area contributed by atoms with Crippen LogP contribution in [0, 0.1) is 24.6 Å². The molecule has 1 atom stereocenters. The van der Waals surface area contributed by atoms with Crippen molar-refractivity contribution in [2.75, 3.05) is 45.1 Å². The van der Waals surface area contributed by atoms with Crippen molar-refractivity contribution in [3.8, 4) is 11.1 Å². The number of morpholine rings is 1. The second-order valence-electron chi connectivity index (χ2n) is 12.6. The molecule has 44 heavy (non-hydrogen) atoms. The van der Waals surface area contributed by atoms with Gasteiger partial charge in [0, 0.05) is 49.9 Å². The average molecular weight is 630 g/mol. The molecule has 3 fully saturated rings. The number of fused-ring (bicyclic) bond motifs is 1. The SMILES string of the molecule is CCS(=O)(=O)NC1CCC(CN2CC(c3cc(-c4ccc(F)cc4C(=O)N4CCOC[C@H]4C)c4c(F)nc(C)n4c3)C2)CC1. The van der Waals surface area contributed by atoms with E-state index in [2.05, 4.69) is 14.6 Å². The molecule has 2 aliphatic heterocycles. The Labute approximate surface area is 257 Å². The van der Waals surface area contributed by atoms with E-state index in [0.29, 0.717) is 42.6 Å². The first-order valence-corrected chi connectivity index (χ1v) is 17.3. The molecule has 2 saturated heterocycles. The summed E-state index contributed by atoms with van der Waals surface area (Å²) >= 11 is 0. The van der Waals surface area contributed by atoms with E-state index < -0.39 is 21.8 Å². The summed E-state index contributed by atoms with van der Waals surface area (Å²) in [7, 11) is -3.19. The van der Waals surface area contributed by atoms with E-state index in [1.807, 2.05) is 19.2 Å². The number of halogens is 2. The van der Waals surface area contributed by atoms with Crippen LogP contribution in [-0.4, -0.2) is 90.7 Å². The van der Waals surface area contributed by atoms with Gasteiger partial charge in [-0.25, -0.2) is 22.5 Å². The molecule has 4 heterocycles. The second-order valence-corrected chi connectivity index (χ2v) is 14.7. The first-order chi connectivity index (χ1) is 21.0. The molecule has 9 nitrogen and oxygen atoms in total. The molecule has 6 rings (SSSR count). The number of pyridine rings is 1. The third kappa shape index (κ3) is 6.27. The molecule has 1 N–H and O–H groups in total. The molecule has 0 bridgehead atoms. The Kier molecular flexibility index (Phi) is 8.80. The molecule has 1 aliphatic carbocycles. The summed E-state index contributed by atoms with van der Waals surface area (Å²) in [5, 5.41) is 0. The number of sulfonamides is 1. The Morgan fingerprint density at radius 2 is 1.86 bits per heavy atom. The molecule has 3 aromatic rings. The predicted molar refractivity (Wildman–Crippen MR) is 164 cm³/mol. The molecular weight excluding hydrogens is 588 g/mol. The zero-order valence-corrected chi connectivity index (χ0v) is 26.4. The van der Waals surface area contributed by atoms with Crippen LogP contribution in [-0.2, 0) is 14.8 Å². The predicted octanol–water partition coefficient (Wildman–Crippen LogP) is 4.35. The lowest BCUT2D eigenvalue weighted by atomic mass is 9.84. The van der Waals surface area contributed by atoms with Crippen LogP contribution >= 0.6 is 0 Å². The number of benzene rings is 1. The summed E-state index contributed by atoms with van der Waals surface area (Å²) in [5.41, 5.74) is 2.49. The number of nitrogens with one attached hydrogen (secondary N) is 1. The van der Waals surface area contributed by atoms with Crippen molar-refractivity contribution in [2.24, 2.45) is 5.92 Å². The number of ether oxygens (including phenoxy) is 1. The highest BCUT2D eigenvalue weighted by Gasteiger charge is 2.34. The van der Waals surface area contributed by atoms with Gasteiger partial charge >= 0.3 is 0 Å². The van der Waals surface area contributed by atoms with Gasteiger partial charge in [-0.3, -0.25) is 4.79 Å². The molecule has 1 saturated carbocycles. The van der Waals surface area contributed by atoms with E-state index >= 15 is 4.39 Å². The van der Waals surface area contributed by atoms with Gasteiger partial charge in [0.05, 0.1) is 30.6 Å². The molecule has 0 spiro atoms. The van der Waals surface area contributed by atoms with Crippen molar-refractivity contribution in [2.45, 2.75) is 64.5 Å². The highest BCUT2D eigenvalue weighted by Crippen LogP contribution is 2.37. The van der Waals surface area contributed by atoms with Crippen LogP contribution in [0.2, 0.25) is 0 Å². The second kappa shape index (κ2) is 12.5. The molecular formula is C32H41F2N5O4S. The lowest BCUT2D eigenvalue weighted by Gasteiger charge is -2.42. The van der Waals surface area contributed by atoms with E-state index in [9.17, 15) is 17.6 Å². The number of nitrogens with zero attached hydrogens (tertiary/aromatic N) is 4. The molecule has 3 aliphatic rings. The zero-order chi connectivity index (χ0) is 31.2. The molecule has 238 valence electrons. The summed E-state index contributed by atoms with van der Waals surface area (Å²) in [6, 6.07) is 5.93. The van der Waals surface area contributed by atoms with Crippen molar-refractivity contribution in [3.63, 3.8) is 0 Å². The Morgan fingerprint density at radius 1 is 1.11 bits per heavy atom. The number of amides is 1. The molecule has 12 heteroatoms. The van der Waals surface area contributed by atoms with E-state index in [0.717, 1.165) is 50.9 Å². The summed E-state index contributed by atoms with van der Waals surface area (Å²) in [6.07, 6.45) is 5.63. The Hall–Kier alpha value is -2.93. The van der Waals surface area contributed by atoms with Gasteiger partial charge in [0.2, 0.25) is 16.0 Å².